The van der Waals surface area contributed by atoms with Crippen LogP contribution in [0.15, 0.2) is 48.5 Å². The molecule has 114 valence electrons. The maximum Gasteiger partial charge on any atom is 0.326 e. The first-order valence-electron chi connectivity index (χ1n) is 7.27. The van der Waals surface area contributed by atoms with Crippen LogP contribution in [0.5, 0.6) is 5.75 Å². The molecule has 1 aliphatic rings. The normalized spacial score (nSPS) is 16.6. The van der Waals surface area contributed by atoms with Gasteiger partial charge in [0.15, 0.2) is 0 Å². The number of anilines is 2. The number of hydrogen-bond donors (Lipinski definition) is 1. The van der Waals surface area contributed by atoms with Gasteiger partial charge in [0.2, 0.25) is 0 Å². The predicted molar refractivity (Wildman–Crippen MR) is 83.9 cm³/mol. The first-order valence-corrected chi connectivity index (χ1v) is 7.27. The maximum absolute atomic E-state index is 13.7. The second kappa shape index (κ2) is 6.05. The van der Waals surface area contributed by atoms with Gasteiger partial charge in [-0.05, 0) is 30.7 Å². The Bertz CT molecular complexity index is 690. The molecule has 0 bridgehead atoms. The largest absolute Gasteiger partial charge is 0.486 e. The molecule has 1 atom stereocenters. The Labute approximate surface area is 128 Å². The van der Waals surface area contributed by atoms with E-state index in [4.69, 9.17) is 4.74 Å². The molecule has 1 heterocycles. The molecule has 2 amide bonds. The highest BCUT2D eigenvalue weighted by Crippen LogP contribution is 2.34. The number of carbonyl (C=O) groups is 1. The van der Waals surface area contributed by atoms with Crippen molar-refractivity contribution in [2.24, 2.45) is 0 Å². The number of hydrogen-bond acceptors (Lipinski definition) is 2. The molecular weight excluding hydrogens is 283 g/mol. The molecule has 0 saturated carbocycles. The number of halogens is 1. The fourth-order valence-electron chi connectivity index (χ4n) is 2.45. The van der Waals surface area contributed by atoms with Crippen molar-refractivity contribution in [3.63, 3.8) is 0 Å². The molecule has 22 heavy (non-hydrogen) atoms. The maximum atomic E-state index is 13.7. The Morgan fingerprint density at radius 1 is 1.27 bits per heavy atom. The molecule has 0 saturated heterocycles. The smallest absolute Gasteiger partial charge is 0.326 e. The lowest BCUT2D eigenvalue weighted by molar-refractivity contribution is 0.188. The minimum Gasteiger partial charge on any atom is -0.486 e. The summed E-state index contributed by atoms with van der Waals surface area (Å²) in [7, 11) is 0. The van der Waals surface area contributed by atoms with E-state index in [0.717, 1.165) is 6.42 Å². The third kappa shape index (κ3) is 2.74. The molecule has 2 aromatic rings. The van der Waals surface area contributed by atoms with Crippen molar-refractivity contribution in [1.29, 1.82) is 0 Å². The number of fused-ring (bicyclic) bond motifs is 1. The van der Waals surface area contributed by atoms with Crippen LogP contribution < -0.4 is 15.0 Å². The summed E-state index contributed by atoms with van der Waals surface area (Å²) >= 11 is 0. The highest BCUT2D eigenvalue weighted by Gasteiger charge is 2.29. The molecule has 1 N–H and O–H groups in total. The molecule has 5 heteroatoms. The summed E-state index contributed by atoms with van der Waals surface area (Å²) in [6.07, 6.45) is 0.721. The van der Waals surface area contributed by atoms with Gasteiger partial charge in [-0.3, -0.25) is 4.90 Å². The number of rotatable bonds is 2. The number of urea groups is 1. The lowest BCUT2D eigenvalue weighted by atomic mass is 10.1. The van der Waals surface area contributed by atoms with Crippen molar-refractivity contribution >= 4 is 17.4 Å². The Hall–Kier alpha value is -2.56. The number of ether oxygens (including phenoxy) is 1. The number of benzene rings is 2. The fraction of sp³-hybridized carbons (Fsp3) is 0.235. The Balaban J connectivity index is 1.87. The summed E-state index contributed by atoms with van der Waals surface area (Å²) in [5, 5.41) is 2.62. The molecule has 1 unspecified atom stereocenters. The van der Waals surface area contributed by atoms with Crippen molar-refractivity contribution in [3.05, 3.63) is 54.3 Å². The van der Waals surface area contributed by atoms with E-state index >= 15 is 0 Å². The van der Waals surface area contributed by atoms with Crippen LogP contribution in [-0.2, 0) is 0 Å². The highest BCUT2D eigenvalue weighted by atomic mass is 19.1. The average molecular weight is 300 g/mol. The Morgan fingerprint density at radius 2 is 2.00 bits per heavy atom. The van der Waals surface area contributed by atoms with Crippen LogP contribution in [0.2, 0.25) is 0 Å². The lowest BCUT2D eigenvalue weighted by Gasteiger charge is -2.34. The van der Waals surface area contributed by atoms with Gasteiger partial charge >= 0.3 is 6.03 Å². The van der Waals surface area contributed by atoms with Crippen LogP contribution in [0, 0.1) is 5.82 Å². The molecule has 0 aromatic heterocycles. The second-order valence-corrected chi connectivity index (χ2v) is 5.14. The molecule has 0 spiro atoms. The summed E-state index contributed by atoms with van der Waals surface area (Å²) in [5.74, 6) is 0.216. The number of nitrogens with one attached hydrogen (secondary N) is 1. The summed E-state index contributed by atoms with van der Waals surface area (Å²) in [6.45, 7) is 2.44. The molecule has 0 radical (unpaired) electrons. The van der Waals surface area contributed by atoms with Gasteiger partial charge in [-0.2, -0.15) is 0 Å². The number of carbonyl (C=O) groups excluding carboxylic acids is 1. The fourth-order valence-corrected chi connectivity index (χ4v) is 2.45. The Morgan fingerprint density at radius 3 is 2.77 bits per heavy atom. The van der Waals surface area contributed by atoms with Crippen molar-refractivity contribution < 1.29 is 13.9 Å². The van der Waals surface area contributed by atoms with Gasteiger partial charge in [0.05, 0.1) is 17.9 Å². The van der Waals surface area contributed by atoms with Gasteiger partial charge in [0.25, 0.3) is 0 Å². The van der Waals surface area contributed by atoms with Gasteiger partial charge in [0, 0.05) is 0 Å². The second-order valence-electron chi connectivity index (χ2n) is 5.14. The molecule has 4 nitrogen and oxygen atoms in total. The summed E-state index contributed by atoms with van der Waals surface area (Å²) < 4.78 is 19.5. The number of nitrogens with zero attached hydrogens (tertiary/aromatic N) is 1. The van der Waals surface area contributed by atoms with Crippen LogP contribution in [0.25, 0.3) is 0 Å². The molecule has 3 rings (SSSR count). The SMILES string of the molecule is CCC1CN(C(=O)Nc2ccccc2F)c2ccccc2O1. The van der Waals surface area contributed by atoms with E-state index in [1.165, 1.54) is 12.1 Å². The minimum atomic E-state index is -0.454. The van der Waals surface area contributed by atoms with E-state index in [1.54, 1.807) is 17.0 Å². The molecule has 1 aliphatic heterocycles. The van der Waals surface area contributed by atoms with Crippen LogP contribution in [-0.4, -0.2) is 18.7 Å². The monoisotopic (exact) mass is 300 g/mol. The quantitative estimate of drug-likeness (QED) is 0.909. The molecule has 0 fully saturated rings. The van der Waals surface area contributed by atoms with Gasteiger partial charge in [-0.1, -0.05) is 31.2 Å². The minimum absolute atomic E-state index is 0.0683. The summed E-state index contributed by atoms with van der Waals surface area (Å²) in [4.78, 5) is 14.1. The zero-order valence-corrected chi connectivity index (χ0v) is 12.3. The third-order valence-electron chi connectivity index (χ3n) is 3.65. The standard InChI is InChI=1S/C17H17FN2O2/c1-2-12-11-20(15-9-5-6-10-16(15)22-12)17(21)19-14-8-4-3-7-13(14)18/h3-10,12H,2,11H2,1H3,(H,19,21). The molecule has 0 aliphatic carbocycles. The number of amides is 2. The van der Waals surface area contributed by atoms with E-state index in [9.17, 15) is 9.18 Å². The van der Waals surface area contributed by atoms with Gasteiger partial charge in [0.1, 0.15) is 17.7 Å². The number of para-hydroxylation sites is 3. The first kappa shape index (κ1) is 14.4. The van der Waals surface area contributed by atoms with E-state index in [1.807, 2.05) is 31.2 Å². The van der Waals surface area contributed by atoms with E-state index < -0.39 is 5.82 Å². The van der Waals surface area contributed by atoms with Crippen molar-refractivity contribution in [2.45, 2.75) is 19.4 Å². The zero-order chi connectivity index (χ0) is 15.5. The third-order valence-corrected chi connectivity index (χ3v) is 3.65. The van der Waals surface area contributed by atoms with Crippen LogP contribution >= 0.6 is 0 Å². The zero-order valence-electron chi connectivity index (χ0n) is 12.3. The summed E-state index contributed by atoms with van der Waals surface area (Å²) in [5.41, 5.74) is 0.866. The van der Waals surface area contributed by atoms with Crippen LogP contribution in [0.3, 0.4) is 0 Å². The average Bonchev–Trinajstić information content (AvgIpc) is 2.55. The van der Waals surface area contributed by atoms with E-state index in [-0.39, 0.29) is 17.8 Å². The van der Waals surface area contributed by atoms with Crippen LogP contribution in [0.4, 0.5) is 20.6 Å². The molecule has 2 aromatic carbocycles. The van der Waals surface area contributed by atoms with Crippen molar-refractivity contribution in [3.8, 4) is 5.75 Å². The van der Waals surface area contributed by atoms with Gasteiger partial charge in [-0.15, -0.1) is 0 Å². The van der Waals surface area contributed by atoms with E-state index in [0.29, 0.717) is 18.0 Å². The van der Waals surface area contributed by atoms with Gasteiger partial charge < -0.3 is 10.1 Å². The molecular formula is C17H17FN2O2. The topological polar surface area (TPSA) is 41.6 Å². The Kier molecular flexibility index (Phi) is 3.96. The predicted octanol–water partition coefficient (Wildman–Crippen LogP) is 4.04. The van der Waals surface area contributed by atoms with Crippen molar-refractivity contribution in [1.82, 2.24) is 0 Å². The highest BCUT2D eigenvalue weighted by molar-refractivity contribution is 6.03. The van der Waals surface area contributed by atoms with E-state index in [2.05, 4.69) is 5.32 Å². The summed E-state index contributed by atoms with van der Waals surface area (Å²) in [6, 6.07) is 13.1. The lowest BCUT2D eigenvalue weighted by Crippen LogP contribution is -2.45. The van der Waals surface area contributed by atoms with Crippen LogP contribution in [0.1, 0.15) is 13.3 Å². The van der Waals surface area contributed by atoms with Crippen molar-refractivity contribution in [2.75, 3.05) is 16.8 Å². The first-order chi connectivity index (χ1) is 10.7. The van der Waals surface area contributed by atoms with Gasteiger partial charge in [-0.25, -0.2) is 9.18 Å².